The third-order valence-electron chi connectivity index (χ3n) is 3.58. The van der Waals surface area contributed by atoms with Crippen LogP contribution in [0, 0.1) is 13.8 Å². The third-order valence-corrected chi connectivity index (χ3v) is 3.58. The summed E-state index contributed by atoms with van der Waals surface area (Å²) in [7, 11) is 0. The van der Waals surface area contributed by atoms with Crippen LogP contribution < -0.4 is 24.8 Å². The molecule has 0 aliphatic carbocycles. The molecule has 0 spiro atoms. The van der Waals surface area contributed by atoms with Crippen molar-refractivity contribution >= 4 is 0 Å². The van der Waals surface area contributed by atoms with Crippen molar-refractivity contribution in [3.8, 4) is 0 Å². The van der Waals surface area contributed by atoms with Gasteiger partial charge in [-0.25, -0.2) is 23.3 Å². The Morgan fingerprint density at radius 2 is 1.09 bits per heavy atom. The van der Waals surface area contributed by atoms with E-state index in [1.54, 1.807) is 0 Å². The van der Waals surface area contributed by atoms with Crippen LogP contribution in [0.3, 0.4) is 0 Å². The van der Waals surface area contributed by atoms with Gasteiger partial charge in [0.25, 0.3) is 0 Å². The summed E-state index contributed by atoms with van der Waals surface area (Å²) >= 11 is 0. The van der Waals surface area contributed by atoms with Gasteiger partial charge in [-0.15, -0.1) is 0 Å². The van der Waals surface area contributed by atoms with Crippen LogP contribution in [0.5, 0.6) is 0 Å². The van der Waals surface area contributed by atoms with E-state index in [4.69, 9.17) is 0 Å². The molecule has 2 rings (SSSR count). The van der Waals surface area contributed by atoms with Crippen LogP contribution in [0.1, 0.15) is 61.8 Å². The van der Waals surface area contributed by atoms with Crippen LogP contribution in [0.15, 0.2) is 36.4 Å². The van der Waals surface area contributed by atoms with Crippen molar-refractivity contribution < 1.29 is 42.2 Å². The number of unbranched alkanes of at least 4 members (excludes halogenated alkanes) is 2. The molecular formula is C20H30Cl2Cr. The fourth-order valence-corrected chi connectivity index (χ4v) is 2.33. The van der Waals surface area contributed by atoms with E-state index >= 15 is 0 Å². The van der Waals surface area contributed by atoms with Gasteiger partial charge in [0.1, 0.15) is 0 Å². The molecule has 3 heteroatoms. The predicted molar refractivity (Wildman–Crippen MR) is 90.8 cm³/mol. The zero-order chi connectivity index (χ0) is 14.8. The topological polar surface area (TPSA) is 0 Å². The first-order valence-electron chi connectivity index (χ1n) is 8.10. The van der Waals surface area contributed by atoms with E-state index in [-0.39, 0.29) is 42.2 Å². The predicted octanol–water partition coefficient (Wildman–Crippen LogP) is 0.119. The molecule has 23 heavy (non-hydrogen) atoms. The SMILES string of the molecule is CCCC[c-]1ccc(C)c1.CCCC[c-]1ccc(C)c1.[Cl-].[Cl-].[Cr+4]. The number of aryl methyl sites for hydroxylation is 4. The van der Waals surface area contributed by atoms with Crippen LogP contribution in [0.4, 0.5) is 0 Å². The Labute approximate surface area is 166 Å². The van der Waals surface area contributed by atoms with Crippen LogP contribution in [0.2, 0.25) is 0 Å². The van der Waals surface area contributed by atoms with Crippen LogP contribution in [-0.2, 0) is 30.2 Å². The summed E-state index contributed by atoms with van der Waals surface area (Å²) in [6, 6.07) is 13.4. The molecule has 0 radical (unpaired) electrons. The largest absolute Gasteiger partial charge is 4.00 e. The zero-order valence-electron chi connectivity index (χ0n) is 14.9. The van der Waals surface area contributed by atoms with Gasteiger partial charge in [-0.3, -0.25) is 0 Å². The Hall–Kier alpha value is -0.188. The molecule has 0 heterocycles. The first-order chi connectivity index (χ1) is 9.65. The van der Waals surface area contributed by atoms with E-state index in [0.717, 1.165) is 0 Å². The summed E-state index contributed by atoms with van der Waals surface area (Å²) < 4.78 is 0. The Bertz CT molecular complexity index is 427. The number of rotatable bonds is 6. The van der Waals surface area contributed by atoms with Gasteiger partial charge in [0.15, 0.2) is 0 Å². The van der Waals surface area contributed by atoms with E-state index in [2.05, 4.69) is 64.1 Å². The Morgan fingerprint density at radius 3 is 1.30 bits per heavy atom. The third kappa shape index (κ3) is 12.9. The summed E-state index contributed by atoms with van der Waals surface area (Å²) in [5.41, 5.74) is 5.79. The number of hydrogen-bond acceptors (Lipinski definition) is 0. The summed E-state index contributed by atoms with van der Waals surface area (Å²) in [6.07, 6.45) is 7.75. The normalized spacial score (nSPS) is 8.87. The van der Waals surface area contributed by atoms with E-state index < -0.39 is 0 Å². The molecule has 0 bridgehead atoms. The van der Waals surface area contributed by atoms with Gasteiger partial charge in [-0.05, 0) is 0 Å². The number of hydrogen-bond donors (Lipinski definition) is 0. The molecule has 0 aromatic heterocycles. The smallest absolute Gasteiger partial charge is 1.00 e. The molecule has 0 saturated heterocycles. The van der Waals surface area contributed by atoms with Gasteiger partial charge in [0.2, 0.25) is 0 Å². The summed E-state index contributed by atoms with van der Waals surface area (Å²) in [5, 5.41) is 0. The maximum atomic E-state index is 2.27. The minimum atomic E-state index is 0. The van der Waals surface area contributed by atoms with Crippen molar-refractivity contribution in [2.24, 2.45) is 0 Å². The molecular weight excluding hydrogens is 363 g/mol. The quantitative estimate of drug-likeness (QED) is 0.612. The van der Waals surface area contributed by atoms with Gasteiger partial charge < -0.3 is 24.8 Å². The van der Waals surface area contributed by atoms with E-state index in [0.29, 0.717) is 0 Å². The minimum absolute atomic E-state index is 0. The Morgan fingerprint density at radius 1 is 0.739 bits per heavy atom. The molecule has 0 amide bonds. The van der Waals surface area contributed by atoms with Gasteiger partial charge in [-0.2, -0.15) is 35.4 Å². The van der Waals surface area contributed by atoms with Crippen molar-refractivity contribution in [2.45, 2.75) is 66.2 Å². The van der Waals surface area contributed by atoms with Crippen LogP contribution >= 0.6 is 0 Å². The van der Waals surface area contributed by atoms with Gasteiger partial charge in [-0.1, -0.05) is 66.2 Å². The van der Waals surface area contributed by atoms with Crippen molar-refractivity contribution in [1.29, 1.82) is 0 Å². The van der Waals surface area contributed by atoms with Crippen molar-refractivity contribution in [2.75, 3.05) is 0 Å². The average Bonchev–Trinajstić information content (AvgIpc) is 3.03. The molecule has 0 N–H and O–H groups in total. The Kier molecular flexibility index (Phi) is 20.0. The first-order valence-corrected chi connectivity index (χ1v) is 8.10. The second kappa shape index (κ2) is 16.7. The standard InChI is InChI=1S/2C10H15.2ClH.Cr/c2*1-3-4-5-10-7-6-9(2)8-10;;;/h2*6-8H,3-5H2,1-2H3;2*1H;/q2*-1;;;+4/p-2. The summed E-state index contributed by atoms with van der Waals surface area (Å²) in [4.78, 5) is 0. The molecule has 130 valence electrons. The maximum Gasteiger partial charge on any atom is 4.00 e. The van der Waals surface area contributed by atoms with Gasteiger partial charge in [0, 0.05) is 0 Å². The van der Waals surface area contributed by atoms with Gasteiger partial charge >= 0.3 is 17.4 Å². The first kappa shape index (κ1) is 27.7. The minimum Gasteiger partial charge on any atom is -1.00 e. The number of halogens is 2. The van der Waals surface area contributed by atoms with Gasteiger partial charge in [0.05, 0.1) is 0 Å². The summed E-state index contributed by atoms with van der Waals surface area (Å²) in [6.45, 7) is 8.76. The molecule has 0 nitrogen and oxygen atoms in total. The van der Waals surface area contributed by atoms with E-state index in [1.807, 2.05) is 0 Å². The molecule has 0 aliphatic rings. The van der Waals surface area contributed by atoms with Crippen LogP contribution in [-0.4, -0.2) is 0 Å². The average molecular weight is 393 g/mol. The molecule has 0 unspecified atom stereocenters. The maximum absolute atomic E-state index is 2.27. The second-order valence-corrected chi connectivity index (χ2v) is 5.80. The molecule has 0 aliphatic heterocycles. The fraction of sp³-hybridized carbons (Fsp3) is 0.500. The molecule has 2 aromatic carbocycles. The fourth-order valence-electron chi connectivity index (χ4n) is 2.33. The second-order valence-electron chi connectivity index (χ2n) is 5.80. The van der Waals surface area contributed by atoms with E-state index in [9.17, 15) is 0 Å². The van der Waals surface area contributed by atoms with Crippen molar-refractivity contribution in [1.82, 2.24) is 0 Å². The molecule has 0 atom stereocenters. The monoisotopic (exact) mass is 392 g/mol. The van der Waals surface area contributed by atoms with Crippen molar-refractivity contribution in [3.05, 3.63) is 58.7 Å². The molecule has 0 fully saturated rings. The molecule has 2 aromatic rings. The van der Waals surface area contributed by atoms with E-state index in [1.165, 1.54) is 60.8 Å². The Balaban J connectivity index is -0.000000308. The zero-order valence-corrected chi connectivity index (χ0v) is 17.7. The van der Waals surface area contributed by atoms with Crippen molar-refractivity contribution in [3.63, 3.8) is 0 Å². The van der Waals surface area contributed by atoms with Crippen LogP contribution in [0.25, 0.3) is 0 Å². The summed E-state index contributed by atoms with van der Waals surface area (Å²) in [5.74, 6) is 0. The molecule has 0 saturated carbocycles.